The summed E-state index contributed by atoms with van der Waals surface area (Å²) in [5.74, 6) is 2.08. The second kappa shape index (κ2) is 17.2. The SMILES string of the molecule is COC(=O)NC(C(=O)N1CCCC1c1ncc(-c2ccc3cc(-c4ccc(-c5cnc(C6CCCN6C(=O)C(NC(=O)OC)C(C)C)[nH]5)c5c4C4CCC5C4)ccc3c2)[nH]1)C(C)C. The molecule has 4 aliphatic rings. The zero-order valence-electron chi connectivity index (χ0n) is 37.0. The maximum absolute atomic E-state index is 13.8. The predicted molar refractivity (Wildman–Crippen MR) is 240 cm³/mol. The van der Waals surface area contributed by atoms with Crippen LogP contribution in [0.1, 0.15) is 119 Å². The van der Waals surface area contributed by atoms with E-state index in [1.807, 2.05) is 49.9 Å². The van der Waals surface area contributed by atoms with Crippen LogP contribution in [-0.4, -0.2) is 93.1 Å². The maximum Gasteiger partial charge on any atom is 0.407 e. The van der Waals surface area contributed by atoms with Gasteiger partial charge >= 0.3 is 12.2 Å². The number of benzene rings is 3. The van der Waals surface area contributed by atoms with Gasteiger partial charge in [0.25, 0.3) is 0 Å². The smallest absolute Gasteiger partial charge is 0.407 e. The number of ether oxygens (including phenoxy) is 2. The van der Waals surface area contributed by atoms with Gasteiger partial charge in [0.2, 0.25) is 11.8 Å². The van der Waals surface area contributed by atoms with E-state index < -0.39 is 24.3 Å². The highest BCUT2D eigenvalue weighted by Crippen LogP contribution is 2.58. The first-order valence-electron chi connectivity index (χ1n) is 22.5. The van der Waals surface area contributed by atoms with Crippen LogP contribution in [0.3, 0.4) is 0 Å². The molecule has 63 heavy (non-hydrogen) atoms. The minimum Gasteiger partial charge on any atom is -0.453 e. The van der Waals surface area contributed by atoms with Crippen LogP contribution in [0.15, 0.2) is 60.9 Å². The Hall–Kier alpha value is -6.18. The number of methoxy groups -OCH3 is 2. The Morgan fingerprint density at radius 1 is 0.635 bits per heavy atom. The molecule has 3 aromatic carbocycles. The molecule has 2 bridgehead atoms. The number of nitrogens with zero attached hydrogens (tertiary/aromatic N) is 4. The normalized spacial score (nSPS) is 21.3. The quantitative estimate of drug-likeness (QED) is 0.102. The van der Waals surface area contributed by atoms with Gasteiger partial charge in [-0.2, -0.15) is 0 Å². The van der Waals surface area contributed by atoms with Crippen LogP contribution in [0.2, 0.25) is 0 Å². The molecule has 2 aromatic heterocycles. The predicted octanol–water partition coefficient (Wildman–Crippen LogP) is 8.74. The molecule has 0 radical (unpaired) electrons. The third kappa shape index (κ3) is 7.82. The van der Waals surface area contributed by atoms with Gasteiger partial charge in [-0.3, -0.25) is 9.59 Å². The highest BCUT2D eigenvalue weighted by Gasteiger charge is 2.42. The first-order valence-corrected chi connectivity index (χ1v) is 22.5. The van der Waals surface area contributed by atoms with Crippen molar-refractivity contribution in [2.45, 2.75) is 109 Å². The lowest BCUT2D eigenvalue weighted by Crippen LogP contribution is -2.51. The molecule has 2 aliphatic heterocycles. The molecule has 5 aromatic rings. The molecule has 4 heterocycles. The van der Waals surface area contributed by atoms with Crippen LogP contribution in [0.5, 0.6) is 0 Å². The molecule has 6 atom stereocenters. The topological polar surface area (TPSA) is 175 Å². The molecular formula is C49H58N8O6. The molecule has 4 amide bonds. The fourth-order valence-corrected chi connectivity index (χ4v) is 10.8. The molecule has 0 spiro atoms. The van der Waals surface area contributed by atoms with E-state index in [0.717, 1.165) is 71.5 Å². The molecule has 330 valence electrons. The number of hydrogen-bond donors (Lipinski definition) is 4. The van der Waals surface area contributed by atoms with E-state index in [0.29, 0.717) is 24.9 Å². The number of fused-ring (bicyclic) bond motifs is 6. The Morgan fingerprint density at radius 3 is 1.65 bits per heavy atom. The summed E-state index contributed by atoms with van der Waals surface area (Å²) in [5, 5.41) is 7.74. The Balaban J connectivity index is 0.951. The molecule has 14 nitrogen and oxygen atoms in total. The lowest BCUT2D eigenvalue weighted by molar-refractivity contribution is -0.136. The van der Waals surface area contributed by atoms with Gasteiger partial charge in [0.1, 0.15) is 23.7 Å². The molecule has 14 heteroatoms. The minimum absolute atomic E-state index is 0.101. The summed E-state index contributed by atoms with van der Waals surface area (Å²) >= 11 is 0. The van der Waals surface area contributed by atoms with E-state index in [-0.39, 0.29) is 35.7 Å². The number of nitrogens with one attached hydrogen (secondary N) is 4. The van der Waals surface area contributed by atoms with Gasteiger partial charge in [-0.05, 0) is 114 Å². The van der Waals surface area contributed by atoms with Crippen LogP contribution in [0.25, 0.3) is 44.4 Å². The number of likely N-dealkylation sites (tertiary alicyclic amines) is 2. The highest BCUT2D eigenvalue weighted by atomic mass is 16.5. The maximum atomic E-state index is 13.8. The van der Waals surface area contributed by atoms with Gasteiger partial charge in [-0.15, -0.1) is 0 Å². The Labute approximate surface area is 367 Å². The number of aromatic nitrogens is 4. The van der Waals surface area contributed by atoms with Crippen LogP contribution in [0, 0.1) is 11.8 Å². The van der Waals surface area contributed by atoms with Crippen molar-refractivity contribution in [3.8, 4) is 33.6 Å². The zero-order valence-corrected chi connectivity index (χ0v) is 37.0. The summed E-state index contributed by atoms with van der Waals surface area (Å²) in [4.78, 5) is 72.1. The molecule has 2 aliphatic carbocycles. The average Bonchev–Trinajstić information content (AvgIpc) is 4.15. The van der Waals surface area contributed by atoms with Crippen LogP contribution in [-0.2, 0) is 19.1 Å². The third-order valence-electron chi connectivity index (χ3n) is 14.0. The van der Waals surface area contributed by atoms with Gasteiger partial charge in [0.15, 0.2) is 0 Å². The number of carbonyl (C=O) groups is 4. The molecule has 1 saturated carbocycles. The van der Waals surface area contributed by atoms with E-state index in [9.17, 15) is 19.2 Å². The summed E-state index contributed by atoms with van der Waals surface area (Å²) in [6.45, 7) is 8.89. The van der Waals surface area contributed by atoms with Crippen molar-refractivity contribution >= 4 is 34.8 Å². The van der Waals surface area contributed by atoms with Crippen LogP contribution >= 0.6 is 0 Å². The second-order valence-corrected chi connectivity index (χ2v) is 18.4. The summed E-state index contributed by atoms with van der Waals surface area (Å²) in [7, 11) is 2.61. The fraction of sp³-hybridized carbons (Fsp3) is 0.469. The highest BCUT2D eigenvalue weighted by molar-refractivity contribution is 5.92. The lowest BCUT2D eigenvalue weighted by atomic mass is 9.82. The van der Waals surface area contributed by atoms with Crippen molar-refractivity contribution in [2.75, 3.05) is 27.3 Å². The van der Waals surface area contributed by atoms with Crippen molar-refractivity contribution in [1.82, 2.24) is 40.4 Å². The standard InChI is InChI=1S/C49H58N8O6/c1-26(2)42(54-48(60)62-5)46(58)56-19-7-9-38(56)44-50-24-36(52-44)31-14-12-28-21-30(13-11-29(28)22-31)34-17-18-35(41-33-16-15-32(23-33)40(34)41)37-25-51-45(53-37)39-10-8-20-57(39)47(59)43(27(3)4)55-49(61)63-6/h11-14,17-18,21-22,24-27,32-33,38-39,42-43H,7-10,15-16,19-20,23H2,1-6H3,(H,50,52)(H,51,53)(H,54,60)(H,55,61). The number of aromatic amines is 2. The molecule has 4 N–H and O–H groups in total. The number of imidazole rings is 2. The second-order valence-electron chi connectivity index (χ2n) is 18.4. The monoisotopic (exact) mass is 854 g/mol. The van der Waals surface area contributed by atoms with Crippen molar-refractivity contribution < 1.29 is 28.7 Å². The van der Waals surface area contributed by atoms with Gasteiger partial charge < -0.3 is 39.9 Å². The molecule has 2 saturated heterocycles. The molecule has 9 rings (SSSR count). The van der Waals surface area contributed by atoms with Gasteiger partial charge in [-0.25, -0.2) is 19.6 Å². The van der Waals surface area contributed by atoms with E-state index >= 15 is 0 Å². The van der Waals surface area contributed by atoms with Crippen molar-refractivity contribution in [3.05, 3.63) is 83.7 Å². The number of amides is 4. The Morgan fingerprint density at radius 2 is 1.11 bits per heavy atom. The summed E-state index contributed by atoms with van der Waals surface area (Å²) in [6.07, 6.45) is 9.38. The number of rotatable bonds is 11. The summed E-state index contributed by atoms with van der Waals surface area (Å²) in [6, 6.07) is 16.0. The third-order valence-corrected chi connectivity index (χ3v) is 14.0. The van der Waals surface area contributed by atoms with Crippen molar-refractivity contribution in [2.24, 2.45) is 11.8 Å². The zero-order chi connectivity index (χ0) is 44.1. The van der Waals surface area contributed by atoms with Crippen LogP contribution in [0.4, 0.5) is 9.59 Å². The van der Waals surface area contributed by atoms with Gasteiger partial charge in [-0.1, -0.05) is 64.1 Å². The Kier molecular flexibility index (Phi) is 11.5. The minimum atomic E-state index is -0.687. The van der Waals surface area contributed by atoms with E-state index in [1.165, 1.54) is 54.9 Å². The van der Waals surface area contributed by atoms with Crippen molar-refractivity contribution in [3.63, 3.8) is 0 Å². The molecule has 6 unspecified atom stereocenters. The lowest BCUT2D eigenvalue weighted by Gasteiger charge is -2.30. The first-order chi connectivity index (χ1) is 30.4. The van der Waals surface area contributed by atoms with Crippen molar-refractivity contribution in [1.29, 1.82) is 0 Å². The number of hydrogen-bond acceptors (Lipinski definition) is 8. The van der Waals surface area contributed by atoms with E-state index in [2.05, 4.69) is 69.1 Å². The molecule has 3 fully saturated rings. The summed E-state index contributed by atoms with van der Waals surface area (Å²) < 4.78 is 9.61. The summed E-state index contributed by atoms with van der Waals surface area (Å²) in [5.41, 5.74) is 9.43. The van der Waals surface area contributed by atoms with E-state index in [4.69, 9.17) is 19.4 Å². The molecular weight excluding hydrogens is 797 g/mol. The van der Waals surface area contributed by atoms with E-state index in [1.54, 1.807) is 0 Å². The first kappa shape index (κ1) is 42.1. The largest absolute Gasteiger partial charge is 0.453 e. The fourth-order valence-electron chi connectivity index (χ4n) is 10.8. The van der Waals surface area contributed by atoms with Crippen LogP contribution < -0.4 is 10.6 Å². The van der Waals surface area contributed by atoms with Gasteiger partial charge in [0.05, 0.1) is 50.1 Å². The number of alkyl carbamates (subject to hydrolysis) is 2. The average molecular weight is 855 g/mol. The number of carbonyl (C=O) groups excluding carboxylic acids is 4. The number of H-pyrrole nitrogens is 2. The Bertz CT molecular complexity index is 2560. The van der Waals surface area contributed by atoms with Gasteiger partial charge in [0, 0.05) is 24.2 Å².